The van der Waals surface area contributed by atoms with Crippen molar-refractivity contribution in [3.8, 4) is 0 Å². The monoisotopic (exact) mass is 311 g/mol. The number of rotatable bonds is 3. The minimum Gasteiger partial charge on any atom is -0.258 e. The smallest absolute Gasteiger partial charge is 0.258 e. The van der Waals surface area contributed by atoms with Crippen LogP contribution in [-0.2, 0) is 0 Å². The summed E-state index contributed by atoms with van der Waals surface area (Å²) in [5.41, 5.74) is 1.26. The minimum atomic E-state index is -0.451. The zero-order valence-electron chi connectivity index (χ0n) is 11.3. The molecule has 3 aromatic carbocycles. The highest BCUT2D eigenvalue weighted by molar-refractivity contribution is 6.36. The van der Waals surface area contributed by atoms with E-state index >= 15 is 0 Å². The van der Waals surface area contributed by atoms with Crippen molar-refractivity contribution < 1.29 is 4.92 Å². The van der Waals surface area contributed by atoms with Crippen LogP contribution in [0, 0.1) is 10.1 Å². The Morgan fingerprint density at radius 2 is 1.55 bits per heavy atom. The Morgan fingerprint density at radius 3 is 2.23 bits per heavy atom. The molecule has 0 spiro atoms. The van der Waals surface area contributed by atoms with Crippen LogP contribution in [0.4, 0.5) is 17.1 Å². The molecule has 108 valence electrons. The molecule has 3 aromatic rings. The van der Waals surface area contributed by atoms with E-state index in [9.17, 15) is 10.1 Å². The maximum atomic E-state index is 10.6. The molecule has 0 aliphatic heterocycles. The van der Waals surface area contributed by atoms with E-state index < -0.39 is 4.92 Å². The predicted octanol–water partition coefficient (Wildman–Crippen LogP) is 5.82. The van der Waals surface area contributed by atoms with E-state index in [0.717, 1.165) is 10.8 Å². The van der Waals surface area contributed by atoms with E-state index in [0.29, 0.717) is 16.4 Å². The van der Waals surface area contributed by atoms with Crippen LogP contribution in [0.15, 0.2) is 70.9 Å². The molecule has 0 aromatic heterocycles. The molecule has 0 amide bonds. The Bertz CT molecular complexity index is 876. The third-order valence-corrected chi connectivity index (χ3v) is 3.51. The van der Waals surface area contributed by atoms with Gasteiger partial charge in [0.05, 0.1) is 16.3 Å². The lowest BCUT2D eigenvalue weighted by molar-refractivity contribution is -0.384. The zero-order valence-corrected chi connectivity index (χ0v) is 12.1. The SMILES string of the molecule is O=[N+]([O-])c1ccc(N=Nc2ccc(Cl)c3ccccc23)cc1. The van der Waals surface area contributed by atoms with Gasteiger partial charge in [0.15, 0.2) is 0 Å². The maximum Gasteiger partial charge on any atom is 0.269 e. The lowest BCUT2D eigenvalue weighted by atomic mass is 10.1. The van der Waals surface area contributed by atoms with Crippen LogP contribution in [-0.4, -0.2) is 4.92 Å². The Kier molecular flexibility index (Phi) is 3.80. The van der Waals surface area contributed by atoms with Crippen molar-refractivity contribution in [2.45, 2.75) is 0 Å². The first-order chi connectivity index (χ1) is 10.6. The van der Waals surface area contributed by atoms with E-state index in [-0.39, 0.29) is 5.69 Å². The number of nitro benzene ring substituents is 1. The summed E-state index contributed by atoms with van der Waals surface area (Å²) in [4.78, 5) is 10.2. The number of fused-ring (bicyclic) bond motifs is 1. The summed E-state index contributed by atoms with van der Waals surface area (Å²) in [5, 5.41) is 21.4. The molecule has 22 heavy (non-hydrogen) atoms. The maximum absolute atomic E-state index is 10.6. The molecule has 0 fully saturated rings. The number of nitro groups is 1. The van der Waals surface area contributed by atoms with Crippen molar-refractivity contribution in [3.63, 3.8) is 0 Å². The first-order valence-electron chi connectivity index (χ1n) is 6.48. The van der Waals surface area contributed by atoms with Gasteiger partial charge in [-0.1, -0.05) is 35.9 Å². The zero-order chi connectivity index (χ0) is 15.5. The van der Waals surface area contributed by atoms with Crippen molar-refractivity contribution in [2.24, 2.45) is 10.2 Å². The highest BCUT2D eigenvalue weighted by Gasteiger charge is 2.05. The van der Waals surface area contributed by atoms with E-state index in [1.54, 1.807) is 24.3 Å². The molecule has 6 heteroatoms. The second-order valence-electron chi connectivity index (χ2n) is 4.59. The number of halogens is 1. The Hall–Kier alpha value is -2.79. The molecule has 0 bridgehead atoms. The van der Waals surface area contributed by atoms with Gasteiger partial charge in [-0.3, -0.25) is 10.1 Å². The Labute approximate surface area is 131 Å². The lowest BCUT2D eigenvalue weighted by Crippen LogP contribution is -1.85. The van der Waals surface area contributed by atoms with Crippen LogP contribution in [0.2, 0.25) is 5.02 Å². The average Bonchev–Trinajstić information content (AvgIpc) is 2.55. The third kappa shape index (κ3) is 2.80. The summed E-state index contributed by atoms with van der Waals surface area (Å²) in [5.74, 6) is 0. The fraction of sp³-hybridized carbons (Fsp3) is 0. The van der Waals surface area contributed by atoms with Crippen molar-refractivity contribution >= 4 is 39.4 Å². The fourth-order valence-corrected chi connectivity index (χ4v) is 2.31. The van der Waals surface area contributed by atoms with Gasteiger partial charge in [0.2, 0.25) is 0 Å². The van der Waals surface area contributed by atoms with Crippen LogP contribution in [0.3, 0.4) is 0 Å². The average molecular weight is 312 g/mol. The minimum absolute atomic E-state index is 0.0240. The van der Waals surface area contributed by atoms with Crippen LogP contribution in [0.25, 0.3) is 10.8 Å². The predicted molar refractivity (Wildman–Crippen MR) is 86.2 cm³/mol. The normalized spacial score (nSPS) is 11.1. The van der Waals surface area contributed by atoms with Crippen LogP contribution in [0.5, 0.6) is 0 Å². The van der Waals surface area contributed by atoms with Gasteiger partial charge < -0.3 is 0 Å². The van der Waals surface area contributed by atoms with E-state index in [1.165, 1.54) is 12.1 Å². The van der Waals surface area contributed by atoms with Crippen LogP contribution >= 0.6 is 11.6 Å². The van der Waals surface area contributed by atoms with Gasteiger partial charge in [-0.15, -0.1) is 5.11 Å². The third-order valence-electron chi connectivity index (χ3n) is 3.18. The molecule has 0 heterocycles. The first kappa shape index (κ1) is 14.2. The molecule has 0 saturated heterocycles. The molecule has 0 unspecified atom stereocenters. The molecule has 0 aliphatic carbocycles. The highest BCUT2D eigenvalue weighted by atomic mass is 35.5. The molecule has 0 atom stereocenters. The largest absolute Gasteiger partial charge is 0.269 e. The van der Waals surface area contributed by atoms with E-state index in [2.05, 4.69) is 10.2 Å². The molecule has 0 N–H and O–H groups in total. The standard InChI is InChI=1S/C16H10ClN3O2/c17-15-9-10-16(14-4-2-1-3-13(14)15)19-18-11-5-7-12(8-6-11)20(21)22/h1-10H. The molecule has 3 rings (SSSR count). The van der Waals surface area contributed by atoms with Crippen molar-refractivity contribution in [2.75, 3.05) is 0 Å². The van der Waals surface area contributed by atoms with E-state index in [1.807, 2.05) is 24.3 Å². The van der Waals surface area contributed by atoms with Gasteiger partial charge in [0.1, 0.15) is 0 Å². The molecule has 0 saturated carbocycles. The van der Waals surface area contributed by atoms with Crippen molar-refractivity contribution in [1.29, 1.82) is 0 Å². The first-order valence-corrected chi connectivity index (χ1v) is 6.86. The fourth-order valence-electron chi connectivity index (χ4n) is 2.09. The molecule has 0 aliphatic rings. The number of hydrogen-bond acceptors (Lipinski definition) is 4. The van der Waals surface area contributed by atoms with Gasteiger partial charge in [0.25, 0.3) is 5.69 Å². The van der Waals surface area contributed by atoms with Gasteiger partial charge in [-0.25, -0.2) is 0 Å². The summed E-state index contributed by atoms with van der Waals surface area (Å²) in [6, 6.07) is 17.1. The number of hydrogen-bond donors (Lipinski definition) is 0. The summed E-state index contributed by atoms with van der Waals surface area (Å²) in [7, 11) is 0. The molecular weight excluding hydrogens is 302 g/mol. The number of benzene rings is 3. The van der Waals surface area contributed by atoms with Crippen LogP contribution < -0.4 is 0 Å². The van der Waals surface area contributed by atoms with Crippen molar-refractivity contribution in [1.82, 2.24) is 0 Å². The van der Waals surface area contributed by atoms with Gasteiger partial charge in [0, 0.05) is 27.9 Å². The molecular formula is C16H10ClN3O2. The summed E-state index contributed by atoms with van der Waals surface area (Å²) in [6.45, 7) is 0. The topological polar surface area (TPSA) is 67.9 Å². The Balaban J connectivity index is 1.96. The number of non-ortho nitro benzene ring substituents is 1. The second-order valence-corrected chi connectivity index (χ2v) is 4.99. The van der Waals surface area contributed by atoms with Crippen LogP contribution in [0.1, 0.15) is 0 Å². The summed E-state index contributed by atoms with van der Waals surface area (Å²) >= 11 is 6.16. The molecule has 5 nitrogen and oxygen atoms in total. The van der Waals surface area contributed by atoms with Gasteiger partial charge >= 0.3 is 0 Å². The summed E-state index contributed by atoms with van der Waals surface area (Å²) < 4.78 is 0. The van der Waals surface area contributed by atoms with E-state index in [4.69, 9.17) is 11.6 Å². The molecule has 0 radical (unpaired) electrons. The number of azo groups is 1. The van der Waals surface area contributed by atoms with Gasteiger partial charge in [-0.05, 0) is 24.3 Å². The number of nitrogens with zero attached hydrogens (tertiary/aromatic N) is 3. The highest BCUT2D eigenvalue weighted by Crippen LogP contribution is 2.32. The summed E-state index contributed by atoms with van der Waals surface area (Å²) in [6.07, 6.45) is 0. The van der Waals surface area contributed by atoms with Gasteiger partial charge in [-0.2, -0.15) is 5.11 Å². The van der Waals surface area contributed by atoms with Crippen molar-refractivity contribution in [3.05, 3.63) is 75.8 Å². The quantitative estimate of drug-likeness (QED) is 0.347. The Morgan fingerprint density at radius 1 is 0.864 bits per heavy atom. The second kappa shape index (κ2) is 5.91. The lowest BCUT2D eigenvalue weighted by Gasteiger charge is -2.02.